The van der Waals surface area contributed by atoms with Crippen molar-refractivity contribution in [3.63, 3.8) is 0 Å². The number of amides is 1. The van der Waals surface area contributed by atoms with E-state index in [4.69, 9.17) is 10.8 Å². The van der Waals surface area contributed by atoms with Crippen molar-refractivity contribution in [1.82, 2.24) is 5.32 Å². The predicted molar refractivity (Wildman–Crippen MR) is 68.4 cm³/mol. The molecule has 100 valence electrons. The van der Waals surface area contributed by atoms with Crippen molar-refractivity contribution < 1.29 is 9.90 Å². The van der Waals surface area contributed by atoms with Gasteiger partial charge in [0, 0.05) is 19.2 Å². The monoisotopic (exact) mass is 242 g/mol. The molecule has 1 amide bonds. The average Bonchev–Trinajstić information content (AvgIpc) is 2.57. The van der Waals surface area contributed by atoms with Gasteiger partial charge in [0.15, 0.2) is 0 Å². The van der Waals surface area contributed by atoms with Gasteiger partial charge in [0.1, 0.15) is 0 Å². The van der Waals surface area contributed by atoms with Crippen molar-refractivity contribution in [2.75, 3.05) is 13.2 Å². The number of carbonyl (C=O) groups excluding carboxylic acids is 1. The third kappa shape index (κ3) is 3.42. The van der Waals surface area contributed by atoms with E-state index in [1.165, 1.54) is 0 Å². The maximum atomic E-state index is 12.2. The summed E-state index contributed by atoms with van der Waals surface area (Å²) in [5, 5.41) is 11.9. The Hall–Kier alpha value is -0.610. The zero-order valence-corrected chi connectivity index (χ0v) is 11.3. The molecule has 0 aliphatic heterocycles. The number of nitrogens with two attached hydrogens (primary N) is 1. The summed E-state index contributed by atoms with van der Waals surface area (Å²) in [6.45, 7) is 6.79. The van der Waals surface area contributed by atoms with Crippen LogP contribution in [0, 0.1) is 10.8 Å². The van der Waals surface area contributed by atoms with E-state index in [0.717, 1.165) is 19.3 Å². The third-order valence-corrected chi connectivity index (χ3v) is 4.06. The Morgan fingerprint density at radius 3 is 2.71 bits per heavy atom. The fourth-order valence-electron chi connectivity index (χ4n) is 2.39. The maximum absolute atomic E-state index is 12.2. The average molecular weight is 242 g/mol. The van der Waals surface area contributed by atoms with E-state index in [1.54, 1.807) is 0 Å². The van der Waals surface area contributed by atoms with Crippen LogP contribution >= 0.6 is 0 Å². The Morgan fingerprint density at radius 2 is 2.24 bits per heavy atom. The van der Waals surface area contributed by atoms with Gasteiger partial charge in [-0.05, 0) is 31.6 Å². The zero-order chi connectivity index (χ0) is 13.1. The lowest BCUT2D eigenvalue weighted by Gasteiger charge is -2.30. The standard InChI is InChI=1S/C13H26N2O2/c1-12(2,7-8-16)9-15-11(17)13(3)6-4-5-10(13)14/h10,16H,4-9,14H2,1-3H3,(H,15,17). The maximum Gasteiger partial charge on any atom is 0.227 e. The fourth-order valence-corrected chi connectivity index (χ4v) is 2.39. The number of carbonyl (C=O) groups is 1. The van der Waals surface area contributed by atoms with E-state index in [1.807, 2.05) is 20.8 Å². The molecule has 1 aliphatic carbocycles. The first kappa shape index (κ1) is 14.5. The van der Waals surface area contributed by atoms with Gasteiger partial charge in [0.05, 0.1) is 5.41 Å². The number of nitrogens with one attached hydrogen (secondary N) is 1. The highest BCUT2D eigenvalue weighted by atomic mass is 16.3. The van der Waals surface area contributed by atoms with E-state index in [-0.39, 0.29) is 24.0 Å². The summed E-state index contributed by atoms with van der Waals surface area (Å²) in [5.74, 6) is 0.0634. The smallest absolute Gasteiger partial charge is 0.227 e. The van der Waals surface area contributed by atoms with Crippen molar-refractivity contribution in [2.45, 2.75) is 52.5 Å². The SMILES string of the molecule is CC(C)(CCO)CNC(=O)C1(C)CCCC1N. The Kier molecular flexibility index (Phi) is 4.55. The van der Waals surface area contributed by atoms with Gasteiger partial charge in [0.25, 0.3) is 0 Å². The van der Waals surface area contributed by atoms with Crippen LogP contribution in [0.2, 0.25) is 0 Å². The van der Waals surface area contributed by atoms with Gasteiger partial charge >= 0.3 is 0 Å². The van der Waals surface area contributed by atoms with E-state index in [2.05, 4.69) is 5.32 Å². The molecule has 0 aromatic carbocycles. The highest BCUT2D eigenvalue weighted by Gasteiger charge is 2.43. The Morgan fingerprint density at radius 1 is 1.59 bits per heavy atom. The molecule has 17 heavy (non-hydrogen) atoms. The van der Waals surface area contributed by atoms with E-state index in [0.29, 0.717) is 13.0 Å². The molecule has 1 saturated carbocycles. The van der Waals surface area contributed by atoms with Crippen LogP contribution in [0.5, 0.6) is 0 Å². The number of hydrogen-bond donors (Lipinski definition) is 3. The van der Waals surface area contributed by atoms with Gasteiger partial charge in [-0.1, -0.05) is 20.3 Å². The molecule has 0 radical (unpaired) electrons. The molecule has 2 atom stereocenters. The molecule has 4 nitrogen and oxygen atoms in total. The second kappa shape index (κ2) is 5.36. The minimum Gasteiger partial charge on any atom is -0.396 e. The van der Waals surface area contributed by atoms with Crippen LogP contribution in [0.1, 0.15) is 46.5 Å². The minimum atomic E-state index is -0.407. The first-order chi connectivity index (χ1) is 7.82. The van der Waals surface area contributed by atoms with Crippen LogP contribution in [0.4, 0.5) is 0 Å². The lowest BCUT2D eigenvalue weighted by atomic mass is 9.83. The van der Waals surface area contributed by atoms with Crippen LogP contribution in [-0.4, -0.2) is 30.2 Å². The number of hydrogen-bond acceptors (Lipinski definition) is 3. The Labute approximate surface area is 104 Å². The summed E-state index contributed by atoms with van der Waals surface area (Å²) < 4.78 is 0. The number of aliphatic hydroxyl groups is 1. The molecule has 0 heterocycles. The van der Waals surface area contributed by atoms with Gasteiger partial charge in [-0.3, -0.25) is 4.79 Å². The summed E-state index contributed by atoms with van der Waals surface area (Å²) in [7, 11) is 0. The van der Waals surface area contributed by atoms with E-state index < -0.39 is 5.41 Å². The largest absolute Gasteiger partial charge is 0.396 e. The van der Waals surface area contributed by atoms with Crippen LogP contribution in [0.3, 0.4) is 0 Å². The molecule has 4 heteroatoms. The number of aliphatic hydroxyl groups excluding tert-OH is 1. The lowest BCUT2D eigenvalue weighted by molar-refractivity contribution is -0.131. The van der Waals surface area contributed by atoms with Crippen molar-refractivity contribution in [3.05, 3.63) is 0 Å². The summed E-state index contributed by atoms with van der Waals surface area (Å²) >= 11 is 0. The van der Waals surface area contributed by atoms with Gasteiger partial charge in [0.2, 0.25) is 5.91 Å². The van der Waals surface area contributed by atoms with Gasteiger partial charge in [-0.25, -0.2) is 0 Å². The summed E-state index contributed by atoms with van der Waals surface area (Å²) in [4.78, 5) is 12.2. The van der Waals surface area contributed by atoms with Gasteiger partial charge < -0.3 is 16.2 Å². The molecular weight excluding hydrogens is 216 g/mol. The molecular formula is C13H26N2O2. The Balaban J connectivity index is 2.50. The third-order valence-electron chi connectivity index (χ3n) is 4.06. The molecule has 0 bridgehead atoms. The predicted octanol–water partition coefficient (Wildman–Crippen LogP) is 1.03. The number of rotatable bonds is 5. The molecule has 0 spiro atoms. The van der Waals surface area contributed by atoms with Gasteiger partial charge in [-0.2, -0.15) is 0 Å². The molecule has 4 N–H and O–H groups in total. The fraction of sp³-hybridized carbons (Fsp3) is 0.923. The van der Waals surface area contributed by atoms with Gasteiger partial charge in [-0.15, -0.1) is 0 Å². The quantitative estimate of drug-likeness (QED) is 0.674. The van der Waals surface area contributed by atoms with Crippen molar-refractivity contribution in [2.24, 2.45) is 16.6 Å². The molecule has 2 unspecified atom stereocenters. The summed E-state index contributed by atoms with van der Waals surface area (Å²) in [6, 6.07) is -0.0246. The zero-order valence-electron chi connectivity index (χ0n) is 11.3. The summed E-state index contributed by atoms with van der Waals surface area (Å²) in [6.07, 6.45) is 3.53. The molecule has 0 aromatic rings. The van der Waals surface area contributed by atoms with Crippen molar-refractivity contribution in [3.8, 4) is 0 Å². The first-order valence-corrected chi connectivity index (χ1v) is 6.46. The second-order valence-electron chi connectivity index (χ2n) is 6.24. The normalized spacial score (nSPS) is 29.4. The molecule has 1 rings (SSSR count). The van der Waals surface area contributed by atoms with Crippen LogP contribution in [-0.2, 0) is 4.79 Å². The topological polar surface area (TPSA) is 75.3 Å². The van der Waals surface area contributed by atoms with Crippen molar-refractivity contribution in [1.29, 1.82) is 0 Å². The van der Waals surface area contributed by atoms with Crippen LogP contribution in [0.25, 0.3) is 0 Å². The van der Waals surface area contributed by atoms with Crippen LogP contribution in [0.15, 0.2) is 0 Å². The molecule has 0 saturated heterocycles. The van der Waals surface area contributed by atoms with Crippen LogP contribution < -0.4 is 11.1 Å². The second-order valence-corrected chi connectivity index (χ2v) is 6.24. The lowest BCUT2D eigenvalue weighted by Crippen LogP contribution is -2.49. The van der Waals surface area contributed by atoms with Crippen molar-refractivity contribution >= 4 is 5.91 Å². The highest BCUT2D eigenvalue weighted by Crippen LogP contribution is 2.37. The van der Waals surface area contributed by atoms with E-state index in [9.17, 15) is 4.79 Å². The summed E-state index contributed by atoms with van der Waals surface area (Å²) in [5.41, 5.74) is 5.54. The minimum absolute atomic E-state index is 0.0246. The molecule has 0 aromatic heterocycles. The molecule has 1 fully saturated rings. The first-order valence-electron chi connectivity index (χ1n) is 6.46. The molecule has 1 aliphatic rings. The highest BCUT2D eigenvalue weighted by molar-refractivity contribution is 5.83. The van der Waals surface area contributed by atoms with E-state index >= 15 is 0 Å². The Bertz CT molecular complexity index is 279.